The lowest BCUT2D eigenvalue weighted by Crippen LogP contribution is -2.26. The lowest BCUT2D eigenvalue weighted by molar-refractivity contribution is 0.0945. The highest BCUT2D eigenvalue weighted by Crippen LogP contribution is 2.14. The Morgan fingerprint density at radius 2 is 2.31 bits per heavy atom. The van der Waals surface area contributed by atoms with Gasteiger partial charge in [-0.1, -0.05) is 13.8 Å². The predicted molar refractivity (Wildman–Crippen MR) is 67.4 cm³/mol. The lowest BCUT2D eigenvalue weighted by atomic mass is 10.1. The van der Waals surface area contributed by atoms with Crippen molar-refractivity contribution in [3.63, 3.8) is 0 Å². The van der Waals surface area contributed by atoms with Crippen LogP contribution in [0.4, 0.5) is 0 Å². The van der Waals surface area contributed by atoms with Crippen molar-refractivity contribution in [1.29, 1.82) is 0 Å². The minimum atomic E-state index is -0.111. The highest BCUT2D eigenvalue weighted by Gasteiger charge is 2.14. The molecule has 0 aliphatic carbocycles. The maximum absolute atomic E-state index is 11.8. The molecule has 1 aromatic heterocycles. The number of carbonyl (C=O) groups is 1. The van der Waals surface area contributed by atoms with Crippen LogP contribution in [-0.4, -0.2) is 22.2 Å². The normalized spacial score (nSPS) is 10.8. The van der Waals surface area contributed by atoms with Crippen molar-refractivity contribution in [2.75, 3.05) is 6.54 Å². The topological polar surface area (TPSA) is 46.9 Å². The summed E-state index contributed by atoms with van der Waals surface area (Å²) in [5, 5.41) is 7.05. The van der Waals surface area contributed by atoms with Gasteiger partial charge in [0.2, 0.25) is 0 Å². The molecule has 4 nitrogen and oxygen atoms in total. The fourth-order valence-electron chi connectivity index (χ4n) is 1.27. The number of hydrogen-bond acceptors (Lipinski definition) is 2. The van der Waals surface area contributed by atoms with E-state index in [2.05, 4.69) is 40.2 Å². The Kier molecular flexibility index (Phi) is 4.99. The second kappa shape index (κ2) is 6.03. The minimum absolute atomic E-state index is 0.111. The number of carbonyl (C=O) groups excluding carboxylic acids is 1. The van der Waals surface area contributed by atoms with E-state index in [-0.39, 0.29) is 5.91 Å². The van der Waals surface area contributed by atoms with Crippen molar-refractivity contribution in [2.24, 2.45) is 5.92 Å². The van der Waals surface area contributed by atoms with Gasteiger partial charge in [-0.2, -0.15) is 5.10 Å². The minimum Gasteiger partial charge on any atom is -0.351 e. The van der Waals surface area contributed by atoms with Gasteiger partial charge < -0.3 is 5.32 Å². The van der Waals surface area contributed by atoms with Crippen LogP contribution in [-0.2, 0) is 6.54 Å². The quantitative estimate of drug-likeness (QED) is 0.904. The molecule has 0 unspecified atom stereocenters. The van der Waals surface area contributed by atoms with E-state index in [0.717, 1.165) is 17.4 Å². The Labute approximate surface area is 105 Å². The van der Waals surface area contributed by atoms with Crippen LogP contribution >= 0.6 is 15.9 Å². The van der Waals surface area contributed by atoms with Crippen LogP contribution in [0.3, 0.4) is 0 Å². The van der Waals surface area contributed by atoms with Crippen LogP contribution < -0.4 is 5.32 Å². The van der Waals surface area contributed by atoms with E-state index in [1.54, 1.807) is 4.68 Å². The van der Waals surface area contributed by atoms with Gasteiger partial charge in [0.15, 0.2) is 5.69 Å². The summed E-state index contributed by atoms with van der Waals surface area (Å²) in [5.41, 5.74) is 0.464. The fourth-order valence-corrected chi connectivity index (χ4v) is 1.77. The number of halogens is 1. The zero-order chi connectivity index (χ0) is 12.1. The van der Waals surface area contributed by atoms with Gasteiger partial charge in [-0.25, -0.2) is 0 Å². The number of aryl methyl sites for hydroxylation is 1. The number of hydrogen-bond donors (Lipinski definition) is 1. The summed E-state index contributed by atoms with van der Waals surface area (Å²) in [6.45, 7) is 7.71. The lowest BCUT2D eigenvalue weighted by Gasteiger charge is -2.05. The van der Waals surface area contributed by atoms with Crippen molar-refractivity contribution in [2.45, 2.75) is 33.7 Å². The van der Waals surface area contributed by atoms with Crippen LogP contribution in [0.15, 0.2) is 10.7 Å². The first kappa shape index (κ1) is 13.2. The summed E-state index contributed by atoms with van der Waals surface area (Å²) in [7, 11) is 0. The molecule has 0 spiro atoms. The van der Waals surface area contributed by atoms with Crippen LogP contribution in [0.25, 0.3) is 0 Å². The Morgan fingerprint density at radius 1 is 1.62 bits per heavy atom. The first-order valence-corrected chi connectivity index (χ1v) is 6.35. The van der Waals surface area contributed by atoms with E-state index in [4.69, 9.17) is 0 Å². The van der Waals surface area contributed by atoms with E-state index < -0.39 is 0 Å². The van der Waals surface area contributed by atoms with Crippen molar-refractivity contribution in [3.05, 3.63) is 16.4 Å². The Balaban J connectivity index is 2.55. The number of nitrogens with one attached hydrogen (secondary N) is 1. The van der Waals surface area contributed by atoms with Crippen LogP contribution in [0, 0.1) is 5.92 Å². The molecule has 0 fully saturated rings. The molecule has 0 aliphatic heterocycles. The zero-order valence-electron chi connectivity index (χ0n) is 9.96. The van der Waals surface area contributed by atoms with Gasteiger partial charge in [-0.3, -0.25) is 9.48 Å². The predicted octanol–water partition coefficient (Wildman–Crippen LogP) is 2.44. The van der Waals surface area contributed by atoms with Crippen molar-refractivity contribution in [3.8, 4) is 0 Å². The molecule has 0 radical (unpaired) electrons. The van der Waals surface area contributed by atoms with Gasteiger partial charge in [-0.05, 0) is 35.2 Å². The van der Waals surface area contributed by atoms with Crippen molar-refractivity contribution in [1.82, 2.24) is 15.1 Å². The largest absolute Gasteiger partial charge is 0.351 e. The van der Waals surface area contributed by atoms with Gasteiger partial charge in [0.1, 0.15) is 0 Å². The molecule has 0 aliphatic rings. The summed E-state index contributed by atoms with van der Waals surface area (Å²) in [5.74, 6) is 0.483. The maximum Gasteiger partial charge on any atom is 0.272 e. The first-order chi connectivity index (χ1) is 7.54. The molecular weight excluding hydrogens is 270 g/mol. The molecule has 90 valence electrons. The molecule has 1 rings (SSSR count). The molecule has 0 bridgehead atoms. The van der Waals surface area contributed by atoms with Crippen LogP contribution in [0.5, 0.6) is 0 Å². The summed E-state index contributed by atoms with van der Waals surface area (Å²) < 4.78 is 2.48. The molecule has 16 heavy (non-hydrogen) atoms. The summed E-state index contributed by atoms with van der Waals surface area (Å²) in [6, 6.07) is 0. The third-order valence-electron chi connectivity index (χ3n) is 2.26. The maximum atomic E-state index is 11.8. The highest BCUT2D eigenvalue weighted by atomic mass is 79.9. The molecule has 0 saturated carbocycles. The molecule has 1 amide bonds. The third kappa shape index (κ3) is 3.63. The van der Waals surface area contributed by atoms with Crippen LogP contribution in [0.2, 0.25) is 0 Å². The van der Waals surface area contributed by atoms with Gasteiger partial charge in [0.25, 0.3) is 5.91 Å². The van der Waals surface area contributed by atoms with E-state index in [9.17, 15) is 4.79 Å². The summed E-state index contributed by atoms with van der Waals surface area (Å²) in [6.07, 6.45) is 2.80. The number of rotatable bonds is 5. The van der Waals surface area contributed by atoms with Crippen molar-refractivity contribution >= 4 is 21.8 Å². The second-order valence-corrected chi connectivity index (χ2v) is 4.97. The molecule has 0 saturated heterocycles. The molecular formula is C11H18BrN3O. The molecule has 1 aromatic rings. The van der Waals surface area contributed by atoms with Gasteiger partial charge >= 0.3 is 0 Å². The molecule has 1 N–H and O–H groups in total. The average molecular weight is 288 g/mol. The van der Waals surface area contributed by atoms with E-state index >= 15 is 0 Å². The highest BCUT2D eigenvalue weighted by molar-refractivity contribution is 9.10. The molecule has 1 heterocycles. The first-order valence-electron chi connectivity index (χ1n) is 5.55. The van der Waals surface area contributed by atoms with Gasteiger partial charge in [0.05, 0.1) is 4.47 Å². The molecule has 5 heteroatoms. The van der Waals surface area contributed by atoms with Crippen LogP contribution in [0.1, 0.15) is 37.7 Å². The zero-order valence-corrected chi connectivity index (χ0v) is 11.5. The summed E-state index contributed by atoms with van der Waals surface area (Å²) >= 11 is 3.34. The monoisotopic (exact) mass is 287 g/mol. The summed E-state index contributed by atoms with van der Waals surface area (Å²) in [4.78, 5) is 11.8. The number of nitrogens with zero attached hydrogens (tertiary/aromatic N) is 2. The molecule has 0 aromatic carbocycles. The SMILES string of the molecule is CCn1cc(Br)c(C(=O)NCCC(C)C)n1. The smallest absolute Gasteiger partial charge is 0.272 e. The Hall–Kier alpha value is -0.840. The van der Waals surface area contributed by atoms with E-state index in [0.29, 0.717) is 18.2 Å². The Morgan fingerprint density at radius 3 is 2.81 bits per heavy atom. The van der Waals surface area contributed by atoms with E-state index in [1.807, 2.05) is 13.1 Å². The van der Waals surface area contributed by atoms with Crippen molar-refractivity contribution < 1.29 is 4.79 Å². The van der Waals surface area contributed by atoms with Gasteiger partial charge in [-0.15, -0.1) is 0 Å². The second-order valence-electron chi connectivity index (χ2n) is 4.12. The third-order valence-corrected chi connectivity index (χ3v) is 2.84. The van der Waals surface area contributed by atoms with Gasteiger partial charge in [0, 0.05) is 19.3 Å². The number of amides is 1. The standard InChI is InChI=1S/C11H18BrN3O/c1-4-15-7-9(12)10(14-15)11(16)13-6-5-8(2)3/h7-8H,4-6H2,1-3H3,(H,13,16). The van der Waals surface area contributed by atoms with E-state index in [1.165, 1.54) is 0 Å². The molecule has 0 atom stereocenters. The Bertz CT molecular complexity index is 360. The average Bonchev–Trinajstić information content (AvgIpc) is 2.59. The fraction of sp³-hybridized carbons (Fsp3) is 0.636. The number of aromatic nitrogens is 2.